The molecule has 1 saturated heterocycles. The van der Waals surface area contributed by atoms with Crippen molar-refractivity contribution >= 4 is 11.9 Å². The van der Waals surface area contributed by atoms with Gasteiger partial charge in [0.2, 0.25) is 5.91 Å². The predicted octanol–water partition coefficient (Wildman–Crippen LogP) is 0.603. The third-order valence-corrected chi connectivity index (χ3v) is 3.11. The van der Waals surface area contributed by atoms with Crippen LogP contribution in [-0.4, -0.2) is 36.6 Å². The van der Waals surface area contributed by atoms with Gasteiger partial charge in [-0.05, 0) is 37.8 Å². The Balaban J connectivity index is 2.05. The Hall–Kier alpha value is -1.10. The van der Waals surface area contributed by atoms with E-state index in [0.717, 1.165) is 25.9 Å². The largest absolute Gasteiger partial charge is 0.481 e. The fraction of sp³-hybridized carbons (Fsp3) is 0.833. The molecule has 2 unspecified atom stereocenters. The Labute approximate surface area is 102 Å². The molecule has 17 heavy (non-hydrogen) atoms. The van der Waals surface area contributed by atoms with E-state index in [4.69, 9.17) is 5.11 Å². The highest BCUT2D eigenvalue weighted by Crippen LogP contribution is 2.13. The summed E-state index contributed by atoms with van der Waals surface area (Å²) in [4.78, 5) is 21.9. The molecular weight excluding hydrogens is 220 g/mol. The first-order valence-corrected chi connectivity index (χ1v) is 6.27. The average molecular weight is 242 g/mol. The van der Waals surface area contributed by atoms with Gasteiger partial charge in [-0.2, -0.15) is 0 Å². The van der Waals surface area contributed by atoms with Gasteiger partial charge in [0.05, 0.1) is 0 Å². The molecule has 5 nitrogen and oxygen atoms in total. The zero-order valence-corrected chi connectivity index (χ0v) is 10.4. The zero-order chi connectivity index (χ0) is 12.7. The Kier molecular flexibility index (Phi) is 5.97. The zero-order valence-electron chi connectivity index (χ0n) is 10.4. The molecule has 5 heteroatoms. The van der Waals surface area contributed by atoms with Crippen LogP contribution < -0.4 is 10.6 Å². The summed E-state index contributed by atoms with van der Waals surface area (Å²) in [5.41, 5.74) is 0. The molecule has 0 aliphatic carbocycles. The van der Waals surface area contributed by atoms with E-state index >= 15 is 0 Å². The number of carboxylic acids is 1. The summed E-state index contributed by atoms with van der Waals surface area (Å²) in [6.45, 7) is 4.36. The molecule has 1 rings (SSSR count). The van der Waals surface area contributed by atoms with Gasteiger partial charge in [-0.15, -0.1) is 0 Å². The van der Waals surface area contributed by atoms with Gasteiger partial charge in [-0.3, -0.25) is 9.59 Å². The third-order valence-electron chi connectivity index (χ3n) is 3.11. The van der Waals surface area contributed by atoms with Crippen LogP contribution in [0.1, 0.15) is 32.6 Å². The molecule has 1 amide bonds. The van der Waals surface area contributed by atoms with Gasteiger partial charge < -0.3 is 15.7 Å². The standard InChI is InChI=1S/C12H22N2O3/c1-9(6-12(16)17)7-14-11(15)3-2-10-4-5-13-8-10/h9-10,13H,2-8H2,1H3,(H,14,15)(H,16,17). The van der Waals surface area contributed by atoms with Crippen LogP contribution in [0.25, 0.3) is 0 Å². The Morgan fingerprint density at radius 2 is 2.29 bits per heavy atom. The first-order valence-electron chi connectivity index (χ1n) is 6.27. The SMILES string of the molecule is CC(CNC(=O)CCC1CCNC1)CC(=O)O. The minimum Gasteiger partial charge on any atom is -0.481 e. The monoisotopic (exact) mass is 242 g/mol. The molecule has 1 aliphatic rings. The average Bonchev–Trinajstić information content (AvgIpc) is 2.75. The molecule has 98 valence electrons. The van der Waals surface area contributed by atoms with Gasteiger partial charge in [-0.1, -0.05) is 6.92 Å². The lowest BCUT2D eigenvalue weighted by Gasteiger charge is -2.11. The highest BCUT2D eigenvalue weighted by atomic mass is 16.4. The first kappa shape index (κ1) is 14.0. The van der Waals surface area contributed by atoms with Gasteiger partial charge in [0.25, 0.3) is 0 Å². The van der Waals surface area contributed by atoms with Crippen LogP contribution in [0.4, 0.5) is 0 Å². The van der Waals surface area contributed by atoms with Crippen LogP contribution >= 0.6 is 0 Å². The number of amides is 1. The van der Waals surface area contributed by atoms with Crippen LogP contribution in [-0.2, 0) is 9.59 Å². The fourth-order valence-electron chi connectivity index (χ4n) is 2.04. The normalized spacial score (nSPS) is 21.1. The van der Waals surface area contributed by atoms with E-state index in [9.17, 15) is 9.59 Å². The van der Waals surface area contributed by atoms with Crippen molar-refractivity contribution in [1.82, 2.24) is 10.6 Å². The van der Waals surface area contributed by atoms with E-state index in [1.165, 1.54) is 0 Å². The number of carboxylic acid groups (broad SMARTS) is 1. The maximum absolute atomic E-state index is 11.5. The molecule has 0 aromatic heterocycles. The summed E-state index contributed by atoms with van der Waals surface area (Å²) in [7, 11) is 0. The summed E-state index contributed by atoms with van der Waals surface area (Å²) in [6.07, 6.45) is 2.73. The van der Waals surface area contributed by atoms with E-state index in [-0.39, 0.29) is 18.2 Å². The van der Waals surface area contributed by atoms with Crippen LogP contribution in [0, 0.1) is 11.8 Å². The summed E-state index contributed by atoms with van der Waals surface area (Å²) < 4.78 is 0. The highest BCUT2D eigenvalue weighted by molar-refractivity contribution is 5.76. The van der Waals surface area contributed by atoms with Crippen molar-refractivity contribution in [1.29, 1.82) is 0 Å². The van der Waals surface area contributed by atoms with Gasteiger partial charge in [0.15, 0.2) is 0 Å². The number of carbonyl (C=O) groups excluding carboxylic acids is 1. The molecule has 2 atom stereocenters. The molecule has 3 N–H and O–H groups in total. The lowest BCUT2D eigenvalue weighted by atomic mass is 10.0. The van der Waals surface area contributed by atoms with Crippen LogP contribution in [0.2, 0.25) is 0 Å². The minimum absolute atomic E-state index is 0.00963. The van der Waals surface area contributed by atoms with Crippen molar-refractivity contribution in [2.45, 2.75) is 32.6 Å². The van der Waals surface area contributed by atoms with Gasteiger partial charge in [0, 0.05) is 19.4 Å². The van der Waals surface area contributed by atoms with E-state index < -0.39 is 5.97 Å². The summed E-state index contributed by atoms with van der Waals surface area (Å²) in [5, 5.41) is 14.6. The lowest BCUT2D eigenvalue weighted by molar-refractivity contribution is -0.138. The van der Waals surface area contributed by atoms with Gasteiger partial charge in [-0.25, -0.2) is 0 Å². The van der Waals surface area contributed by atoms with Crippen molar-refractivity contribution in [3.8, 4) is 0 Å². The number of rotatable bonds is 7. The van der Waals surface area contributed by atoms with Crippen molar-refractivity contribution in [2.24, 2.45) is 11.8 Å². The van der Waals surface area contributed by atoms with Crippen LogP contribution in [0.15, 0.2) is 0 Å². The molecular formula is C12H22N2O3. The predicted molar refractivity (Wildman–Crippen MR) is 64.6 cm³/mol. The number of nitrogens with one attached hydrogen (secondary N) is 2. The smallest absolute Gasteiger partial charge is 0.303 e. The molecule has 0 saturated carbocycles. The molecule has 1 heterocycles. The van der Waals surface area contributed by atoms with E-state index in [1.807, 2.05) is 6.92 Å². The minimum atomic E-state index is -0.816. The second-order valence-corrected chi connectivity index (χ2v) is 4.90. The van der Waals surface area contributed by atoms with E-state index in [0.29, 0.717) is 18.9 Å². The van der Waals surface area contributed by atoms with Crippen molar-refractivity contribution in [3.05, 3.63) is 0 Å². The summed E-state index contributed by atoms with van der Waals surface area (Å²) >= 11 is 0. The molecule has 0 bridgehead atoms. The Morgan fingerprint density at radius 1 is 1.53 bits per heavy atom. The second-order valence-electron chi connectivity index (χ2n) is 4.90. The second kappa shape index (κ2) is 7.27. The summed E-state index contributed by atoms with van der Waals surface area (Å²) in [6, 6.07) is 0. The quantitative estimate of drug-likeness (QED) is 0.611. The molecule has 0 aromatic carbocycles. The van der Waals surface area contributed by atoms with E-state index in [2.05, 4.69) is 10.6 Å². The van der Waals surface area contributed by atoms with Crippen LogP contribution in [0.5, 0.6) is 0 Å². The number of hydrogen-bond donors (Lipinski definition) is 3. The number of aliphatic carboxylic acids is 1. The van der Waals surface area contributed by atoms with Crippen molar-refractivity contribution in [2.75, 3.05) is 19.6 Å². The number of carbonyl (C=O) groups is 2. The van der Waals surface area contributed by atoms with E-state index in [1.54, 1.807) is 0 Å². The van der Waals surface area contributed by atoms with Gasteiger partial charge >= 0.3 is 5.97 Å². The highest BCUT2D eigenvalue weighted by Gasteiger charge is 2.16. The molecule has 0 aromatic rings. The Morgan fingerprint density at radius 3 is 2.88 bits per heavy atom. The summed E-state index contributed by atoms with van der Waals surface area (Å²) in [5.74, 6) is -0.167. The maximum atomic E-state index is 11.5. The molecule has 0 spiro atoms. The van der Waals surface area contributed by atoms with Crippen molar-refractivity contribution < 1.29 is 14.7 Å². The maximum Gasteiger partial charge on any atom is 0.303 e. The lowest BCUT2D eigenvalue weighted by Crippen LogP contribution is -2.29. The molecule has 0 radical (unpaired) electrons. The molecule has 1 aliphatic heterocycles. The molecule has 1 fully saturated rings. The van der Waals surface area contributed by atoms with Gasteiger partial charge in [0.1, 0.15) is 0 Å². The van der Waals surface area contributed by atoms with Crippen molar-refractivity contribution in [3.63, 3.8) is 0 Å². The fourth-order valence-corrected chi connectivity index (χ4v) is 2.04. The first-order chi connectivity index (χ1) is 8.08. The third kappa shape index (κ3) is 6.26. The number of hydrogen-bond acceptors (Lipinski definition) is 3. The van der Waals surface area contributed by atoms with Crippen LogP contribution in [0.3, 0.4) is 0 Å². The topological polar surface area (TPSA) is 78.4 Å². The Bertz CT molecular complexity index is 262.